The average molecular weight is 550 g/mol. The van der Waals surface area contributed by atoms with Gasteiger partial charge in [-0.25, -0.2) is 4.68 Å². The second kappa shape index (κ2) is 11.9. The first kappa shape index (κ1) is 26.7. The number of tetrazole rings is 1. The average Bonchev–Trinajstić information content (AvgIpc) is 3.49. The number of aryl methyl sites for hydroxylation is 3. The van der Waals surface area contributed by atoms with E-state index in [0.29, 0.717) is 17.9 Å². The molecule has 0 unspecified atom stereocenters. The van der Waals surface area contributed by atoms with Crippen LogP contribution in [0.25, 0.3) is 10.9 Å². The minimum atomic E-state index is -0.390. The van der Waals surface area contributed by atoms with Gasteiger partial charge in [0.15, 0.2) is 5.82 Å². The Labute approximate surface area is 239 Å². The molecule has 3 heterocycles. The van der Waals surface area contributed by atoms with E-state index in [2.05, 4.69) is 67.6 Å². The van der Waals surface area contributed by atoms with Gasteiger partial charge in [-0.05, 0) is 70.1 Å². The number of pyridine rings is 1. The predicted octanol–water partition coefficient (Wildman–Crippen LogP) is 4.24. The van der Waals surface area contributed by atoms with Gasteiger partial charge in [0.25, 0.3) is 5.56 Å². The van der Waals surface area contributed by atoms with Crippen molar-refractivity contribution in [3.05, 3.63) is 112 Å². The molecule has 2 aromatic heterocycles. The Morgan fingerprint density at radius 1 is 0.927 bits per heavy atom. The highest BCUT2D eigenvalue weighted by atomic mass is 16.5. The van der Waals surface area contributed by atoms with Gasteiger partial charge in [-0.2, -0.15) is 0 Å². The van der Waals surface area contributed by atoms with Crippen molar-refractivity contribution in [2.45, 2.75) is 32.4 Å². The molecule has 0 bridgehead atoms. The fourth-order valence-electron chi connectivity index (χ4n) is 5.75. The van der Waals surface area contributed by atoms with E-state index in [-0.39, 0.29) is 11.6 Å². The molecule has 1 saturated heterocycles. The first-order chi connectivity index (χ1) is 20.1. The molecule has 0 amide bonds. The first-order valence-corrected chi connectivity index (χ1v) is 14.2. The topological polar surface area (TPSA) is 92.2 Å². The van der Waals surface area contributed by atoms with E-state index in [1.165, 1.54) is 11.1 Å². The van der Waals surface area contributed by atoms with Gasteiger partial charge in [-0.3, -0.25) is 9.69 Å². The van der Waals surface area contributed by atoms with Crippen LogP contribution in [0.5, 0.6) is 5.75 Å². The first-order valence-electron chi connectivity index (χ1n) is 14.2. The number of anilines is 1. The van der Waals surface area contributed by atoms with Crippen molar-refractivity contribution in [1.82, 2.24) is 30.1 Å². The van der Waals surface area contributed by atoms with Crippen LogP contribution in [0, 0.1) is 0 Å². The molecule has 0 saturated carbocycles. The third-order valence-corrected chi connectivity index (χ3v) is 8.00. The summed E-state index contributed by atoms with van der Waals surface area (Å²) in [5.41, 5.74) is 4.90. The zero-order valence-electron chi connectivity index (χ0n) is 23.5. The number of para-hydroxylation sites is 2. The minimum absolute atomic E-state index is 0.114. The van der Waals surface area contributed by atoms with E-state index < -0.39 is 0 Å². The second-order valence-electron chi connectivity index (χ2n) is 10.4. The number of rotatable bonds is 9. The lowest BCUT2D eigenvalue weighted by Crippen LogP contribution is -2.49. The van der Waals surface area contributed by atoms with Gasteiger partial charge in [0.2, 0.25) is 0 Å². The molecule has 210 valence electrons. The van der Waals surface area contributed by atoms with Gasteiger partial charge >= 0.3 is 0 Å². The Morgan fingerprint density at radius 3 is 2.49 bits per heavy atom. The van der Waals surface area contributed by atoms with Crippen LogP contribution in [-0.2, 0) is 19.4 Å². The molecule has 0 aliphatic carbocycles. The molecule has 1 atom stereocenters. The lowest BCUT2D eigenvalue weighted by atomic mass is 10.0. The molecule has 3 aromatic carbocycles. The number of methoxy groups -OCH3 is 1. The van der Waals surface area contributed by atoms with E-state index in [1.54, 1.807) is 7.11 Å². The summed E-state index contributed by atoms with van der Waals surface area (Å²) in [6.45, 7) is 5.80. The highest BCUT2D eigenvalue weighted by Gasteiger charge is 2.33. The SMILES string of the molecule is CCc1ccc2[nH]c(=O)c([C@@H](c3nnnn3CCc3ccccc3)N3CCN(c4ccccc4OC)CC3)cc2c1. The number of benzene rings is 3. The smallest absolute Gasteiger partial charge is 0.253 e. The maximum atomic E-state index is 13.6. The molecule has 1 fully saturated rings. The summed E-state index contributed by atoms with van der Waals surface area (Å²) >= 11 is 0. The Bertz CT molecular complexity index is 1670. The van der Waals surface area contributed by atoms with Crippen LogP contribution < -0.4 is 15.2 Å². The van der Waals surface area contributed by atoms with Crippen molar-refractivity contribution < 1.29 is 4.74 Å². The van der Waals surface area contributed by atoms with Crippen molar-refractivity contribution in [1.29, 1.82) is 0 Å². The van der Waals surface area contributed by atoms with Crippen LogP contribution in [-0.4, -0.2) is 63.4 Å². The summed E-state index contributed by atoms with van der Waals surface area (Å²) in [5, 5.41) is 14.0. The number of piperazine rings is 1. The van der Waals surface area contributed by atoms with Crippen molar-refractivity contribution in [2.75, 3.05) is 38.2 Å². The largest absolute Gasteiger partial charge is 0.495 e. The summed E-state index contributed by atoms with van der Waals surface area (Å²) in [6, 6.07) is 26.3. The summed E-state index contributed by atoms with van der Waals surface area (Å²) in [4.78, 5) is 21.4. The number of aromatic amines is 1. The molecule has 5 aromatic rings. The number of ether oxygens (including phenoxy) is 1. The number of hydrogen-bond acceptors (Lipinski definition) is 7. The zero-order valence-corrected chi connectivity index (χ0v) is 23.5. The lowest BCUT2D eigenvalue weighted by molar-refractivity contribution is 0.199. The molecular formula is C32H35N7O2. The predicted molar refractivity (Wildman–Crippen MR) is 161 cm³/mol. The molecule has 1 aliphatic rings. The Hall–Kier alpha value is -4.50. The molecule has 9 nitrogen and oxygen atoms in total. The van der Waals surface area contributed by atoms with Crippen LogP contribution in [0.2, 0.25) is 0 Å². The van der Waals surface area contributed by atoms with Crippen LogP contribution >= 0.6 is 0 Å². The summed E-state index contributed by atoms with van der Waals surface area (Å²) in [7, 11) is 1.70. The number of nitrogens with one attached hydrogen (secondary N) is 1. The fraction of sp³-hybridized carbons (Fsp3) is 0.312. The number of hydrogen-bond donors (Lipinski definition) is 1. The summed E-state index contributed by atoms with van der Waals surface area (Å²) in [5.74, 6) is 1.54. The molecule has 1 N–H and O–H groups in total. The van der Waals surface area contributed by atoms with Crippen LogP contribution in [0.4, 0.5) is 5.69 Å². The Kier molecular flexibility index (Phi) is 7.78. The van der Waals surface area contributed by atoms with Crippen molar-refractivity contribution in [3.63, 3.8) is 0 Å². The van der Waals surface area contributed by atoms with Gasteiger partial charge in [0, 0.05) is 43.8 Å². The van der Waals surface area contributed by atoms with Crippen LogP contribution in [0.1, 0.15) is 35.5 Å². The van der Waals surface area contributed by atoms with E-state index in [1.807, 2.05) is 53.2 Å². The number of fused-ring (bicyclic) bond motifs is 1. The van der Waals surface area contributed by atoms with E-state index >= 15 is 0 Å². The maximum absolute atomic E-state index is 13.6. The quantitative estimate of drug-likeness (QED) is 0.294. The highest BCUT2D eigenvalue weighted by Crippen LogP contribution is 2.32. The molecule has 6 rings (SSSR count). The summed E-state index contributed by atoms with van der Waals surface area (Å²) in [6.07, 6.45) is 1.72. The number of H-pyrrole nitrogens is 1. The van der Waals surface area contributed by atoms with E-state index in [0.717, 1.165) is 61.4 Å². The van der Waals surface area contributed by atoms with Crippen LogP contribution in [0.15, 0.2) is 83.7 Å². The van der Waals surface area contributed by atoms with E-state index in [9.17, 15) is 4.79 Å². The fourth-order valence-corrected chi connectivity index (χ4v) is 5.75. The summed E-state index contributed by atoms with van der Waals surface area (Å²) < 4.78 is 7.48. The lowest BCUT2D eigenvalue weighted by Gasteiger charge is -2.40. The Morgan fingerprint density at radius 2 is 1.71 bits per heavy atom. The molecular weight excluding hydrogens is 514 g/mol. The standard InChI is InChI=1S/C32H35N7O2/c1-3-23-13-14-27-25(21-23)22-26(32(40)33-27)30(31-34-35-36-39(31)16-15-24-9-5-4-6-10-24)38-19-17-37(18-20-38)28-11-7-8-12-29(28)41-2/h4-14,21-22,30H,3,15-20H2,1-2H3,(H,33,40)/t30-/m0/s1. The zero-order chi connectivity index (χ0) is 28.2. The highest BCUT2D eigenvalue weighted by molar-refractivity contribution is 5.80. The Balaban J connectivity index is 1.36. The van der Waals surface area contributed by atoms with Crippen molar-refractivity contribution in [3.8, 4) is 5.75 Å². The van der Waals surface area contributed by atoms with Crippen molar-refractivity contribution >= 4 is 16.6 Å². The van der Waals surface area contributed by atoms with Gasteiger partial charge in [-0.15, -0.1) is 5.10 Å². The molecule has 9 heteroatoms. The minimum Gasteiger partial charge on any atom is -0.495 e. The third-order valence-electron chi connectivity index (χ3n) is 8.00. The maximum Gasteiger partial charge on any atom is 0.253 e. The number of aromatic nitrogens is 5. The molecule has 41 heavy (non-hydrogen) atoms. The van der Waals surface area contributed by atoms with Gasteiger partial charge in [0.05, 0.1) is 12.8 Å². The normalized spacial score (nSPS) is 14.8. The van der Waals surface area contributed by atoms with E-state index in [4.69, 9.17) is 4.74 Å². The molecule has 0 radical (unpaired) electrons. The monoisotopic (exact) mass is 549 g/mol. The van der Waals surface area contributed by atoms with Gasteiger partial charge in [-0.1, -0.05) is 55.5 Å². The van der Waals surface area contributed by atoms with Gasteiger partial charge in [0.1, 0.15) is 11.8 Å². The van der Waals surface area contributed by atoms with Crippen molar-refractivity contribution in [2.24, 2.45) is 0 Å². The third kappa shape index (κ3) is 5.58. The second-order valence-corrected chi connectivity index (χ2v) is 10.4. The molecule has 0 spiro atoms. The van der Waals surface area contributed by atoms with Crippen LogP contribution in [0.3, 0.4) is 0 Å². The number of nitrogens with zero attached hydrogens (tertiary/aromatic N) is 6. The molecule has 1 aliphatic heterocycles. The van der Waals surface area contributed by atoms with Gasteiger partial charge < -0.3 is 14.6 Å².